The molecule has 1 N–H and O–H groups in total. The third-order valence-electron chi connectivity index (χ3n) is 5.89. The summed E-state index contributed by atoms with van der Waals surface area (Å²) in [6.07, 6.45) is 1.60. The first-order valence-electron chi connectivity index (χ1n) is 11.1. The number of esters is 1. The number of ether oxygens (including phenoxy) is 1. The number of fused-ring (bicyclic) bond motifs is 2. The van der Waals surface area contributed by atoms with Crippen molar-refractivity contribution >= 4 is 41.4 Å². The Morgan fingerprint density at radius 2 is 2.08 bits per heavy atom. The van der Waals surface area contributed by atoms with E-state index in [0.717, 1.165) is 5.69 Å². The molecule has 13 heteroatoms. The highest BCUT2D eigenvalue weighted by Gasteiger charge is 2.49. The van der Waals surface area contributed by atoms with Crippen LogP contribution in [-0.2, 0) is 38.8 Å². The maximum absolute atomic E-state index is 12.4. The largest absolute Gasteiger partial charge is 0.477 e. The summed E-state index contributed by atoms with van der Waals surface area (Å²) < 4.78 is 7.01. The van der Waals surface area contributed by atoms with Crippen LogP contribution in [0.3, 0.4) is 0 Å². The Morgan fingerprint density at radius 3 is 2.81 bits per heavy atom. The van der Waals surface area contributed by atoms with Crippen LogP contribution >= 0.6 is 11.8 Å². The van der Waals surface area contributed by atoms with Gasteiger partial charge in [0.15, 0.2) is 0 Å². The number of β-lactam (4-membered cyclic amide) rings is 1. The van der Waals surface area contributed by atoms with Gasteiger partial charge in [-0.3, -0.25) is 29.3 Å². The molecule has 1 amide bonds. The minimum Gasteiger partial charge on any atom is -0.477 e. The van der Waals surface area contributed by atoms with Crippen molar-refractivity contribution in [2.75, 3.05) is 6.54 Å². The van der Waals surface area contributed by atoms with Crippen molar-refractivity contribution in [3.8, 4) is 12.0 Å². The molecule has 5 rings (SSSR count). The van der Waals surface area contributed by atoms with Crippen LogP contribution < -0.4 is 0 Å². The van der Waals surface area contributed by atoms with Crippen molar-refractivity contribution in [2.45, 2.75) is 31.5 Å². The van der Waals surface area contributed by atoms with Crippen molar-refractivity contribution < 1.29 is 29.2 Å². The number of nitrogens with zero attached hydrogens (tertiary/aromatic N) is 5. The first kappa shape index (κ1) is 24.1. The molecule has 1 atom stereocenters. The zero-order chi connectivity index (χ0) is 26.1. The molecule has 1 saturated heterocycles. The Kier molecular flexibility index (Phi) is 6.41. The number of nitro benzene ring substituents is 1. The number of nitro groups is 1. The average molecular weight is 522 g/mol. The normalized spacial score (nSPS) is 18.8. The summed E-state index contributed by atoms with van der Waals surface area (Å²) in [5, 5.41) is 25.5. The summed E-state index contributed by atoms with van der Waals surface area (Å²) in [4.78, 5) is 49.0. The van der Waals surface area contributed by atoms with Gasteiger partial charge in [-0.1, -0.05) is 5.92 Å². The molecule has 1 fully saturated rings. The highest BCUT2D eigenvalue weighted by atomic mass is 32.2. The smallest absolute Gasteiger partial charge is 0.353 e. The molecule has 0 bridgehead atoms. The summed E-state index contributed by atoms with van der Waals surface area (Å²) in [6.45, 7) is 1.68. The van der Waals surface area contributed by atoms with Crippen LogP contribution in [0.1, 0.15) is 23.4 Å². The number of hydrogen-bond acceptors (Lipinski definition) is 9. The highest BCUT2D eigenvalue weighted by Crippen LogP contribution is 2.45. The molecular weight excluding hydrogens is 502 g/mol. The van der Waals surface area contributed by atoms with E-state index in [1.165, 1.54) is 46.3 Å². The van der Waals surface area contributed by atoms with Crippen molar-refractivity contribution in [1.82, 2.24) is 19.6 Å². The van der Waals surface area contributed by atoms with E-state index in [1.807, 2.05) is 15.6 Å². The van der Waals surface area contributed by atoms with Crippen molar-refractivity contribution in [3.05, 3.63) is 74.1 Å². The van der Waals surface area contributed by atoms with Crippen LogP contribution in [0.2, 0.25) is 0 Å². The zero-order valence-electron chi connectivity index (χ0n) is 19.2. The molecule has 188 valence electrons. The lowest BCUT2D eigenvalue weighted by Crippen LogP contribution is -2.51. The van der Waals surface area contributed by atoms with Crippen LogP contribution in [-0.4, -0.2) is 59.4 Å². The molecule has 0 radical (unpaired) electrons. The van der Waals surface area contributed by atoms with Crippen LogP contribution in [0.5, 0.6) is 0 Å². The van der Waals surface area contributed by atoms with E-state index >= 15 is 0 Å². The van der Waals surface area contributed by atoms with Gasteiger partial charge in [-0.25, -0.2) is 4.79 Å². The number of benzene rings is 1. The standard InChI is InChI=1S/C24H19N5O7S/c30-21(36-13-15-3-5-17(6-4-15)29(34)35)2-1-7-26-8-9-27-18(12-26)10-16(25-27)11-19-22(31)28-20(24(32)33)14-37-23(19)28/h3-6,10-11,14,23H,2,8-9,12-13H2,(H,32,33)/b19-11-. The zero-order valence-corrected chi connectivity index (χ0v) is 20.0. The van der Waals surface area contributed by atoms with Crippen LogP contribution in [0.4, 0.5) is 5.69 Å². The van der Waals surface area contributed by atoms with E-state index in [9.17, 15) is 29.6 Å². The van der Waals surface area contributed by atoms with E-state index in [2.05, 4.69) is 17.1 Å². The second-order valence-electron chi connectivity index (χ2n) is 8.33. The van der Waals surface area contributed by atoms with Gasteiger partial charge in [0.25, 0.3) is 11.6 Å². The summed E-state index contributed by atoms with van der Waals surface area (Å²) in [5.41, 5.74) is 2.63. The lowest BCUT2D eigenvalue weighted by molar-refractivity contribution is -0.384. The van der Waals surface area contributed by atoms with Gasteiger partial charge in [0, 0.05) is 30.1 Å². The maximum atomic E-state index is 12.4. The van der Waals surface area contributed by atoms with Crippen LogP contribution in [0, 0.1) is 22.1 Å². The molecule has 0 aliphatic carbocycles. The Hall–Kier alpha value is -4.57. The average Bonchev–Trinajstić information content (AvgIpc) is 3.47. The Labute approximate surface area is 214 Å². The second kappa shape index (κ2) is 9.82. The summed E-state index contributed by atoms with van der Waals surface area (Å²) >= 11 is 1.28. The van der Waals surface area contributed by atoms with E-state index < -0.39 is 16.9 Å². The van der Waals surface area contributed by atoms with Crippen LogP contribution in [0.25, 0.3) is 6.08 Å². The van der Waals surface area contributed by atoms with Crippen molar-refractivity contribution in [2.24, 2.45) is 0 Å². The van der Waals surface area contributed by atoms with Gasteiger partial charge in [0.2, 0.25) is 0 Å². The number of carboxylic acid groups (broad SMARTS) is 1. The molecule has 1 aromatic carbocycles. The molecular formula is C24H19N5O7S. The Morgan fingerprint density at radius 1 is 1.30 bits per heavy atom. The number of aromatic nitrogens is 2. The molecule has 2 aromatic rings. The molecule has 0 saturated carbocycles. The number of carbonyl (C=O) groups is 3. The van der Waals surface area contributed by atoms with Crippen LogP contribution in [0.15, 0.2) is 47.0 Å². The molecule has 0 spiro atoms. The third-order valence-corrected chi connectivity index (χ3v) is 6.97. The lowest BCUT2D eigenvalue weighted by atomic mass is 10.0. The van der Waals surface area contributed by atoms with E-state index in [1.54, 1.807) is 6.08 Å². The first-order chi connectivity index (χ1) is 17.8. The van der Waals surface area contributed by atoms with E-state index in [0.29, 0.717) is 36.5 Å². The van der Waals surface area contributed by atoms with Crippen molar-refractivity contribution in [1.29, 1.82) is 0 Å². The fourth-order valence-electron chi connectivity index (χ4n) is 4.03. The third kappa shape index (κ3) is 4.91. The predicted molar refractivity (Wildman–Crippen MR) is 130 cm³/mol. The van der Waals surface area contributed by atoms with Gasteiger partial charge in [0.1, 0.15) is 24.1 Å². The minimum atomic E-state index is -1.13. The summed E-state index contributed by atoms with van der Waals surface area (Å²) in [5.74, 6) is 0.860. The molecule has 12 nitrogen and oxygen atoms in total. The maximum Gasteiger partial charge on any atom is 0.353 e. The fourth-order valence-corrected chi connectivity index (χ4v) is 5.15. The fraction of sp³-hybridized carbons (Fsp3) is 0.250. The molecule has 3 aliphatic rings. The monoisotopic (exact) mass is 521 g/mol. The van der Waals surface area contributed by atoms with Gasteiger partial charge in [-0.15, -0.1) is 11.8 Å². The number of amides is 1. The van der Waals surface area contributed by atoms with Gasteiger partial charge < -0.3 is 14.7 Å². The SMILES string of the molecule is O=C(CC#CN1CCn2nc(/C=C3/C(=O)N4C(C(=O)O)=CSC34)cc2C1)OCc1ccc([N+](=O)[O-])cc1. The first-order valence-corrected chi connectivity index (χ1v) is 12.1. The van der Waals surface area contributed by atoms with Gasteiger partial charge >= 0.3 is 11.9 Å². The number of aliphatic carboxylic acids is 1. The van der Waals surface area contributed by atoms with Gasteiger partial charge in [-0.2, -0.15) is 5.10 Å². The van der Waals surface area contributed by atoms with Gasteiger partial charge in [0.05, 0.1) is 35.0 Å². The molecule has 1 aromatic heterocycles. The Balaban J connectivity index is 1.13. The minimum absolute atomic E-state index is 0.00694. The number of hydrogen-bond donors (Lipinski definition) is 1. The summed E-state index contributed by atoms with van der Waals surface area (Å²) in [6, 6.07) is 10.6. The number of carboxylic acids is 1. The quantitative estimate of drug-likeness (QED) is 0.149. The molecule has 4 heterocycles. The van der Waals surface area contributed by atoms with Gasteiger partial charge in [-0.05, 0) is 29.8 Å². The molecule has 37 heavy (non-hydrogen) atoms. The van der Waals surface area contributed by atoms with E-state index in [-0.39, 0.29) is 35.7 Å². The Bertz CT molecular complexity index is 1430. The number of rotatable bonds is 6. The number of carbonyl (C=O) groups excluding carboxylic acids is 2. The second-order valence-corrected chi connectivity index (χ2v) is 9.28. The highest BCUT2D eigenvalue weighted by molar-refractivity contribution is 8.03. The van der Waals surface area contributed by atoms with Crippen molar-refractivity contribution in [3.63, 3.8) is 0 Å². The predicted octanol–water partition coefficient (Wildman–Crippen LogP) is 1.93. The molecule has 3 aliphatic heterocycles. The molecule has 1 unspecified atom stereocenters. The lowest BCUT2D eigenvalue weighted by Gasteiger charge is -2.36. The number of thioether (sulfide) groups is 1. The van der Waals surface area contributed by atoms with E-state index in [4.69, 9.17) is 4.74 Å². The summed E-state index contributed by atoms with van der Waals surface area (Å²) in [7, 11) is 0. The topological polar surface area (TPSA) is 148 Å². The number of non-ortho nitro benzene ring substituents is 1.